The molecule has 0 fully saturated rings. The number of nitrogens with zero attached hydrogens (tertiary/aromatic N) is 5. The Bertz CT molecular complexity index is 1150. The number of thioether (sulfide) groups is 1. The van der Waals surface area contributed by atoms with E-state index in [9.17, 15) is 4.79 Å². The number of thiazole rings is 1. The van der Waals surface area contributed by atoms with E-state index < -0.39 is 0 Å². The summed E-state index contributed by atoms with van der Waals surface area (Å²) in [6.45, 7) is 4.17. The summed E-state index contributed by atoms with van der Waals surface area (Å²) in [6, 6.07) is 16.5. The summed E-state index contributed by atoms with van der Waals surface area (Å²) >= 11 is 2.78. The van der Waals surface area contributed by atoms with Gasteiger partial charge in [0.2, 0.25) is 11.1 Å². The summed E-state index contributed by atoms with van der Waals surface area (Å²) in [4.78, 5) is 17.8. The Balaban J connectivity index is 1.32. The maximum absolute atomic E-state index is 12.4. The number of aromatic nitrogens is 5. The van der Waals surface area contributed by atoms with E-state index in [1.54, 1.807) is 4.68 Å². The molecule has 1 amide bonds. The average molecular weight is 451 g/mol. The van der Waals surface area contributed by atoms with Crippen LogP contribution < -0.4 is 5.32 Å². The van der Waals surface area contributed by atoms with Crippen LogP contribution in [0.25, 0.3) is 5.69 Å². The van der Waals surface area contributed by atoms with Gasteiger partial charge in [-0.15, -0.1) is 16.4 Å². The Morgan fingerprint density at radius 1 is 1.10 bits per heavy atom. The van der Waals surface area contributed by atoms with E-state index in [0.29, 0.717) is 10.3 Å². The van der Waals surface area contributed by atoms with Crippen molar-refractivity contribution in [3.63, 3.8) is 0 Å². The highest BCUT2D eigenvalue weighted by atomic mass is 32.2. The van der Waals surface area contributed by atoms with Gasteiger partial charge < -0.3 is 5.32 Å². The summed E-state index contributed by atoms with van der Waals surface area (Å²) in [5, 5.41) is 15.8. The number of hydrogen-bond acceptors (Lipinski definition) is 7. The van der Waals surface area contributed by atoms with Gasteiger partial charge in [-0.2, -0.15) is 4.68 Å². The topological polar surface area (TPSA) is 85.6 Å². The fourth-order valence-corrected chi connectivity index (χ4v) is 4.50. The lowest BCUT2D eigenvalue weighted by Crippen LogP contribution is -2.14. The molecule has 7 nitrogen and oxygen atoms in total. The molecular weight excluding hydrogens is 428 g/mol. The molecule has 0 saturated heterocycles. The minimum atomic E-state index is -0.142. The lowest BCUT2D eigenvalue weighted by Gasteiger charge is -2.04. The van der Waals surface area contributed by atoms with E-state index in [1.807, 2.05) is 37.4 Å². The van der Waals surface area contributed by atoms with Crippen LogP contribution in [0.3, 0.4) is 0 Å². The van der Waals surface area contributed by atoms with Crippen molar-refractivity contribution in [2.45, 2.75) is 31.8 Å². The molecule has 0 aliphatic rings. The van der Waals surface area contributed by atoms with Crippen LogP contribution in [-0.4, -0.2) is 36.9 Å². The van der Waals surface area contributed by atoms with Gasteiger partial charge in [0.1, 0.15) is 0 Å². The van der Waals surface area contributed by atoms with Gasteiger partial charge in [0.05, 0.1) is 11.4 Å². The van der Waals surface area contributed by atoms with Crippen LogP contribution >= 0.6 is 23.1 Å². The Hall–Kier alpha value is -3.04. The van der Waals surface area contributed by atoms with Crippen LogP contribution in [0.4, 0.5) is 5.13 Å². The van der Waals surface area contributed by atoms with Crippen LogP contribution in [0.1, 0.15) is 28.5 Å². The molecular formula is C22H22N6OS2. The molecule has 2 heterocycles. The first kappa shape index (κ1) is 21.2. The molecule has 1 N–H and O–H groups in total. The van der Waals surface area contributed by atoms with Gasteiger partial charge in [-0.25, -0.2) is 4.98 Å². The Kier molecular flexibility index (Phi) is 6.73. The van der Waals surface area contributed by atoms with Crippen molar-refractivity contribution in [3.8, 4) is 5.69 Å². The Morgan fingerprint density at radius 3 is 2.58 bits per heavy atom. The van der Waals surface area contributed by atoms with Crippen molar-refractivity contribution in [1.29, 1.82) is 0 Å². The smallest absolute Gasteiger partial charge is 0.236 e. The summed E-state index contributed by atoms with van der Waals surface area (Å²) < 4.78 is 1.63. The van der Waals surface area contributed by atoms with Gasteiger partial charge in [0.25, 0.3) is 0 Å². The van der Waals surface area contributed by atoms with Crippen LogP contribution in [0, 0.1) is 6.92 Å². The average Bonchev–Trinajstić information content (AvgIpc) is 3.43. The standard InChI is InChI=1S/C22H22N6OS2/c1-3-16-6-8-17(9-7-16)12-19-13-23-21(31-19)24-20(29)14-30-22-25-26-27-28(22)18-10-4-15(2)5-11-18/h4-11,13H,3,12,14H2,1-2H3,(H,23,24,29). The van der Waals surface area contributed by atoms with Gasteiger partial charge in [-0.05, 0) is 47.0 Å². The van der Waals surface area contributed by atoms with Crippen LogP contribution in [0.15, 0.2) is 59.9 Å². The molecule has 0 spiro atoms. The third kappa shape index (κ3) is 5.56. The first-order chi connectivity index (χ1) is 15.1. The summed E-state index contributed by atoms with van der Waals surface area (Å²) in [6.07, 6.45) is 3.66. The van der Waals surface area contributed by atoms with Gasteiger partial charge >= 0.3 is 0 Å². The second-order valence-electron chi connectivity index (χ2n) is 7.02. The van der Waals surface area contributed by atoms with Crippen molar-refractivity contribution < 1.29 is 4.79 Å². The Labute approximate surface area is 188 Å². The second kappa shape index (κ2) is 9.84. The third-order valence-electron chi connectivity index (χ3n) is 4.66. The molecule has 0 aliphatic heterocycles. The zero-order valence-corrected chi connectivity index (χ0v) is 18.9. The fourth-order valence-electron chi connectivity index (χ4n) is 2.94. The van der Waals surface area contributed by atoms with E-state index in [0.717, 1.165) is 29.0 Å². The molecule has 0 unspecified atom stereocenters. The van der Waals surface area contributed by atoms with E-state index in [-0.39, 0.29) is 11.7 Å². The summed E-state index contributed by atoms with van der Waals surface area (Å²) in [7, 11) is 0. The van der Waals surface area contributed by atoms with E-state index >= 15 is 0 Å². The first-order valence-corrected chi connectivity index (χ1v) is 11.7. The maximum atomic E-state index is 12.4. The monoisotopic (exact) mass is 450 g/mol. The van der Waals surface area contributed by atoms with E-state index in [1.165, 1.54) is 34.2 Å². The van der Waals surface area contributed by atoms with Crippen LogP contribution in [0.2, 0.25) is 0 Å². The minimum Gasteiger partial charge on any atom is -0.301 e. The largest absolute Gasteiger partial charge is 0.301 e. The minimum absolute atomic E-state index is 0.142. The maximum Gasteiger partial charge on any atom is 0.236 e. The van der Waals surface area contributed by atoms with Crippen molar-refractivity contribution in [2.75, 3.05) is 11.1 Å². The summed E-state index contributed by atoms with van der Waals surface area (Å²) in [5.74, 6) is 0.0521. The number of aryl methyl sites for hydroxylation is 2. The van der Waals surface area contributed by atoms with Crippen molar-refractivity contribution in [2.24, 2.45) is 0 Å². The molecule has 2 aromatic carbocycles. The fraction of sp³-hybridized carbons (Fsp3) is 0.227. The molecule has 0 atom stereocenters. The van der Waals surface area contributed by atoms with Gasteiger partial charge in [0.15, 0.2) is 5.13 Å². The quantitative estimate of drug-likeness (QED) is 0.403. The molecule has 158 valence electrons. The van der Waals surface area contributed by atoms with Crippen LogP contribution in [0.5, 0.6) is 0 Å². The molecule has 0 bridgehead atoms. The predicted molar refractivity (Wildman–Crippen MR) is 124 cm³/mol. The molecule has 4 aromatic rings. The number of anilines is 1. The van der Waals surface area contributed by atoms with E-state index in [4.69, 9.17) is 0 Å². The number of carbonyl (C=O) groups excluding carboxylic acids is 1. The number of carbonyl (C=O) groups is 1. The van der Waals surface area contributed by atoms with Gasteiger partial charge in [-0.1, -0.05) is 60.6 Å². The summed E-state index contributed by atoms with van der Waals surface area (Å²) in [5.41, 5.74) is 4.57. The normalized spacial score (nSPS) is 10.9. The second-order valence-corrected chi connectivity index (χ2v) is 9.08. The molecule has 0 aliphatic carbocycles. The number of tetrazole rings is 1. The van der Waals surface area contributed by atoms with Crippen molar-refractivity contribution >= 4 is 34.1 Å². The first-order valence-electron chi connectivity index (χ1n) is 9.91. The molecule has 4 rings (SSSR count). The predicted octanol–water partition coefficient (Wildman–Crippen LogP) is 4.31. The molecule has 0 radical (unpaired) electrons. The zero-order chi connectivity index (χ0) is 21.6. The number of nitrogens with one attached hydrogen (secondary N) is 1. The molecule has 31 heavy (non-hydrogen) atoms. The highest BCUT2D eigenvalue weighted by Gasteiger charge is 2.13. The third-order valence-corrected chi connectivity index (χ3v) is 6.49. The number of amides is 1. The zero-order valence-electron chi connectivity index (χ0n) is 17.3. The number of rotatable bonds is 8. The Morgan fingerprint density at radius 2 is 1.84 bits per heavy atom. The SMILES string of the molecule is CCc1ccc(Cc2cnc(NC(=O)CSc3nnnn3-c3ccc(C)cc3)s2)cc1. The van der Waals surface area contributed by atoms with Crippen molar-refractivity contribution in [3.05, 3.63) is 76.3 Å². The highest BCUT2D eigenvalue weighted by molar-refractivity contribution is 7.99. The number of benzene rings is 2. The molecule has 9 heteroatoms. The molecule has 0 saturated carbocycles. The van der Waals surface area contributed by atoms with Gasteiger partial charge in [0, 0.05) is 17.5 Å². The highest BCUT2D eigenvalue weighted by Crippen LogP contribution is 2.23. The lowest BCUT2D eigenvalue weighted by atomic mass is 10.1. The van der Waals surface area contributed by atoms with Crippen LogP contribution in [-0.2, 0) is 17.6 Å². The van der Waals surface area contributed by atoms with Crippen molar-refractivity contribution in [1.82, 2.24) is 25.2 Å². The van der Waals surface area contributed by atoms with E-state index in [2.05, 4.69) is 57.0 Å². The number of hydrogen-bond donors (Lipinski definition) is 1. The van der Waals surface area contributed by atoms with Gasteiger partial charge in [-0.3, -0.25) is 4.79 Å². The molecule has 2 aromatic heterocycles. The lowest BCUT2D eigenvalue weighted by molar-refractivity contribution is -0.113.